The van der Waals surface area contributed by atoms with Gasteiger partial charge in [-0.1, -0.05) is 60.7 Å². The minimum absolute atomic E-state index is 0. The monoisotopic (exact) mass is 467 g/mol. The topological polar surface area (TPSA) is 36.9 Å². The van der Waals surface area contributed by atoms with Crippen molar-refractivity contribution in [1.29, 1.82) is 0 Å². The summed E-state index contributed by atoms with van der Waals surface area (Å²) >= 11 is 0. The van der Waals surface area contributed by atoms with E-state index in [1.165, 1.54) is 11.1 Å². The maximum Gasteiger partial charge on any atom is 0.193 e. The zero-order valence-electron chi connectivity index (χ0n) is 15.7. The number of guanidine groups is 1. The SMILES string of the molecule is CN(C)C(=NCc1ccccc1)NCCCCOCc1ccccc1.I. The quantitative estimate of drug-likeness (QED) is 0.259. The van der Waals surface area contributed by atoms with Crippen LogP contribution in [0.3, 0.4) is 0 Å². The van der Waals surface area contributed by atoms with E-state index >= 15 is 0 Å². The highest BCUT2D eigenvalue weighted by Crippen LogP contribution is 2.02. The van der Waals surface area contributed by atoms with Crippen LogP contribution >= 0.6 is 24.0 Å². The molecule has 0 saturated carbocycles. The first-order valence-corrected chi connectivity index (χ1v) is 8.87. The summed E-state index contributed by atoms with van der Waals surface area (Å²) in [7, 11) is 4.03. The predicted octanol–water partition coefficient (Wildman–Crippen LogP) is 4.31. The number of aliphatic imine (C=N–C) groups is 1. The van der Waals surface area contributed by atoms with E-state index in [2.05, 4.69) is 34.6 Å². The first kappa shape index (κ1) is 22.4. The summed E-state index contributed by atoms with van der Waals surface area (Å²) in [6, 6.07) is 20.6. The van der Waals surface area contributed by atoms with Crippen LogP contribution in [0.5, 0.6) is 0 Å². The van der Waals surface area contributed by atoms with Crippen LogP contribution in [-0.2, 0) is 17.9 Å². The lowest BCUT2D eigenvalue weighted by molar-refractivity contribution is 0.117. The van der Waals surface area contributed by atoms with Crippen LogP contribution in [0.2, 0.25) is 0 Å². The second-order valence-electron chi connectivity index (χ2n) is 6.19. The summed E-state index contributed by atoms with van der Waals surface area (Å²) in [5.41, 5.74) is 2.45. The van der Waals surface area contributed by atoms with E-state index in [-0.39, 0.29) is 24.0 Å². The maximum absolute atomic E-state index is 5.71. The molecular formula is C21H30IN3O. The van der Waals surface area contributed by atoms with Crippen LogP contribution < -0.4 is 5.32 Å². The van der Waals surface area contributed by atoms with Gasteiger partial charge in [-0.3, -0.25) is 0 Å². The number of benzene rings is 2. The number of nitrogens with one attached hydrogen (secondary N) is 1. The number of nitrogens with zero attached hydrogens (tertiary/aromatic N) is 2. The van der Waals surface area contributed by atoms with Crippen molar-refractivity contribution in [2.75, 3.05) is 27.2 Å². The largest absolute Gasteiger partial charge is 0.377 e. The Morgan fingerprint density at radius 2 is 1.54 bits per heavy atom. The Bertz CT molecular complexity index is 618. The highest BCUT2D eigenvalue weighted by atomic mass is 127. The van der Waals surface area contributed by atoms with Gasteiger partial charge in [-0.25, -0.2) is 4.99 Å². The van der Waals surface area contributed by atoms with Crippen molar-refractivity contribution in [2.45, 2.75) is 26.0 Å². The van der Waals surface area contributed by atoms with Gasteiger partial charge in [-0.05, 0) is 24.0 Å². The first-order chi connectivity index (χ1) is 12.3. The van der Waals surface area contributed by atoms with Gasteiger partial charge in [0.05, 0.1) is 13.2 Å². The molecule has 2 aromatic rings. The molecule has 4 nitrogen and oxygen atoms in total. The molecule has 0 heterocycles. The van der Waals surface area contributed by atoms with Crippen molar-refractivity contribution in [2.24, 2.45) is 4.99 Å². The summed E-state index contributed by atoms with van der Waals surface area (Å²) in [6.07, 6.45) is 2.10. The van der Waals surface area contributed by atoms with E-state index in [0.717, 1.165) is 32.0 Å². The normalized spacial score (nSPS) is 10.9. The Morgan fingerprint density at radius 3 is 2.15 bits per heavy atom. The zero-order chi connectivity index (χ0) is 17.7. The smallest absolute Gasteiger partial charge is 0.193 e. The summed E-state index contributed by atoms with van der Waals surface area (Å²) in [5.74, 6) is 0.925. The summed E-state index contributed by atoms with van der Waals surface area (Å²) in [4.78, 5) is 6.69. The molecule has 0 radical (unpaired) electrons. The molecule has 0 aromatic heterocycles. The van der Waals surface area contributed by atoms with Gasteiger partial charge in [0.15, 0.2) is 5.96 Å². The Kier molecular flexibility index (Phi) is 11.7. The molecule has 0 fully saturated rings. The molecular weight excluding hydrogens is 437 g/mol. The van der Waals surface area contributed by atoms with Gasteiger partial charge < -0.3 is 15.0 Å². The molecule has 0 saturated heterocycles. The standard InChI is InChI=1S/C21H29N3O.HI/c1-24(2)21(23-17-19-11-5-3-6-12-19)22-15-9-10-16-25-18-20-13-7-4-8-14-20;/h3-8,11-14H,9-10,15-18H2,1-2H3,(H,22,23);1H. The highest BCUT2D eigenvalue weighted by molar-refractivity contribution is 14.0. The minimum Gasteiger partial charge on any atom is -0.377 e. The number of hydrogen-bond acceptors (Lipinski definition) is 2. The summed E-state index contributed by atoms with van der Waals surface area (Å²) in [6.45, 7) is 3.08. The lowest BCUT2D eigenvalue weighted by atomic mass is 10.2. The van der Waals surface area contributed by atoms with Gasteiger partial charge in [0.1, 0.15) is 0 Å². The predicted molar refractivity (Wildman–Crippen MR) is 120 cm³/mol. The van der Waals surface area contributed by atoms with Crippen molar-refractivity contribution in [3.05, 3.63) is 71.8 Å². The fourth-order valence-corrected chi connectivity index (χ4v) is 2.40. The van der Waals surface area contributed by atoms with E-state index in [0.29, 0.717) is 13.2 Å². The Hall–Kier alpha value is -1.60. The number of ether oxygens (including phenoxy) is 1. The van der Waals surface area contributed by atoms with Gasteiger partial charge in [0, 0.05) is 27.2 Å². The molecule has 2 aromatic carbocycles. The van der Waals surface area contributed by atoms with Crippen molar-refractivity contribution in [1.82, 2.24) is 10.2 Å². The van der Waals surface area contributed by atoms with Crippen LogP contribution in [0.25, 0.3) is 0 Å². The molecule has 0 spiro atoms. The third-order valence-electron chi connectivity index (χ3n) is 3.79. The highest BCUT2D eigenvalue weighted by Gasteiger charge is 2.01. The second kappa shape index (κ2) is 13.6. The van der Waals surface area contributed by atoms with Crippen LogP contribution in [-0.4, -0.2) is 38.1 Å². The lowest BCUT2D eigenvalue weighted by Gasteiger charge is -2.17. The van der Waals surface area contributed by atoms with E-state index < -0.39 is 0 Å². The number of rotatable bonds is 9. The Balaban J connectivity index is 0.00000338. The molecule has 0 bridgehead atoms. The second-order valence-corrected chi connectivity index (χ2v) is 6.19. The third kappa shape index (κ3) is 9.20. The Morgan fingerprint density at radius 1 is 0.923 bits per heavy atom. The number of halogens is 1. The van der Waals surface area contributed by atoms with Gasteiger partial charge in [0.2, 0.25) is 0 Å². The molecule has 1 N–H and O–H groups in total. The van der Waals surface area contributed by atoms with Gasteiger partial charge in [-0.2, -0.15) is 0 Å². The molecule has 0 atom stereocenters. The molecule has 5 heteroatoms. The van der Waals surface area contributed by atoms with Crippen LogP contribution in [0.4, 0.5) is 0 Å². The van der Waals surface area contributed by atoms with Gasteiger partial charge in [-0.15, -0.1) is 24.0 Å². The van der Waals surface area contributed by atoms with Crippen molar-refractivity contribution >= 4 is 29.9 Å². The van der Waals surface area contributed by atoms with E-state index in [1.807, 2.05) is 55.4 Å². The van der Waals surface area contributed by atoms with Crippen LogP contribution in [0, 0.1) is 0 Å². The molecule has 26 heavy (non-hydrogen) atoms. The third-order valence-corrected chi connectivity index (χ3v) is 3.79. The fraction of sp³-hybridized carbons (Fsp3) is 0.381. The lowest BCUT2D eigenvalue weighted by Crippen LogP contribution is -2.37. The van der Waals surface area contributed by atoms with Crippen LogP contribution in [0.1, 0.15) is 24.0 Å². The van der Waals surface area contributed by atoms with E-state index in [1.54, 1.807) is 0 Å². The van der Waals surface area contributed by atoms with E-state index in [4.69, 9.17) is 4.74 Å². The molecule has 2 rings (SSSR count). The summed E-state index contributed by atoms with van der Waals surface area (Å²) in [5, 5.41) is 3.42. The van der Waals surface area contributed by atoms with Crippen molar-refractivity contribution < 1.29 is 4.74 Å². The maximum atomic E-state index is 5.71. The van der Waals surface area contributed by atoms with Crippen molar-refractivity contribution in [3.63, 3.8) is 0 Å². The van der Waals surface area contributed by atoms with Gasteiger partial charge >= 0.3 is 0 Å². The molecule has 0 aliphatic rings. The molecule has 0 aliphatic heterocycles. The summed E-state index contributed by atoms with van der Waals surface area (Å²) < 4.78 is 5.71. The molecule has 142 valence electrons. The fourth-order valence-electron chi connectivity index (χ4n) is 2.40. The number of unbranched alkanes of at least 4 members (excludes halogenated alkanes) is 1. The minimum atomic E-state index is 0. The molecule has 0 aliphatic carbocycles. The van der Waals surface area contributed by atoms with Crippen molar-refractivity contribution in [3.8, 4) is 0 Å². The Labute approximate surface area is 174 Å². The van der Waals surface area contributed by atoms with E-state index in [9.17, 15) is 0 Å². The molecule has 0 unspecified atom stereocenters. The van der Waals surface area contributed by atoms with Gasteiger partial charge in [0.25, 0.3) is 0 Å². The average Bonchev–Trinajstić information content (AvgIpc) is 2.64. The average molecular weight is 467 g/mol. The molecule has 0 amide bonds. The zero-order valence-corrected chi connectivity index (χ0v) is 18.1. The first-order valence-electron chi connectivity index (χ1n) is 8.87. The van der Waals surface area contributed by atoms with Crippen LogP contribution in [0.15, 0.2) is 65.7 Å². The number of hydrogen-bond donors (Lipinski definition) is 1.